The van der Waals surface area contributed by atoms with Crippen LogP contribution in [0.15, 0.2) is 24.3 Å². The van der Waals surface area contributed by atoms with E-state index in [1.165, 1.54) is 37.9 Å². The predicted octanol–water partition coefficient (Wildman–Crippen LogP) is 1.45. The average molecular weight is 287 g/mol. The minimum absolute atomic E-state index is 0.150. The Hall–Kier alpha value is -1.10. The van der Waals surface area contributed by atoms with Crippen LogP contribution in [-0.4, -0.2) is 54.2 Å². The Bertz CT molecular complexity index is 521. The van der Waals surface area contributed by atoms with Crippen molar-refractivity contribution in [1.29, 1.82) is 0 Å². The van der Waals surface area contributed by atoms with Crippen LogP contribution in [0, 0.1) is 0 Å². The van der Waals surface area contributed by atoms with Gasteiger partial charge in [0, 0.05) is 37.8 Å². The van der Waals surface area contributed by atoms with Crippen LogP contribution < -0.4 is 10.5 Å². The van der Waals surface area contributed by atoms with Gasteiger partial charge in [-0.25, -0.2) is 0 Å². The summed E-state index contributed by atoms with van der Waals surface area (Å²) in [6.45, 7) is 5.95. The maximum Gasteiger partial charge on any atom is 0.123 e. The number of nitrogens with zero attached hydrogens (tertiary/aromatic N) is 2. The second-order valence-corrected chi connectivity index (χ2v) is 6.63. The van der Waals surface area contributed by atoms with Gasteiger partial charge in [-0.2, -0.15) is 0 Å². The van der Waals surface area contributed by atoms with Crippen LogP contribution in [-0.2, 0) is 6.54 Å². The molecule has 3 aliphatic rings. The highest BCUT2D eigenvalue weighted by Crippen LogP contribution is 2.41. The lowest BCUT2D eigenvalue weighted by Gasteiger charge is -2.44. The van der Waals surface area contributed by atoms with Gasteiger partial charge in [0.2, 0.25) is 0 Å². The van der Waals surface area contributed by atoms with Gasteiger partial charge in [0.25, 0.3) is 0 Å². The molecule has 4 rings (SSSR count). The molecular formula is C17H25N3O. The van der Waals surface area contributed by atoms with Gasteiger partial charge in [-0.3, -0.25) is 9.80 Å². The van der Waals surface area contributed by atoms with Crippen molar-refractivity contribution in [3.05, 3.63) is 29.8 Å². The van der Waals surface area contributed by atoms with Gasteiger partial charge < -0.3 is 10.5 Å². The fourth-order valence-corrected chi connectivity index (χ4v) is 4.65. The second-order valence-electron chi connectivity index (χ2n) is 6.63. The molecular weight excluding hydrogens is 262 g/mol. The van der Waals surface area contributed by atoms with E-state index in [9.17, 15) is 0 Å². The molecule has 2 N–H and O–H groups in total. The van der Waals surface area contributed by atoms with Gasteiger partial charge in [-0.15, -0.1) is 0 Å². The molecule has 0 aromatic heterocycles. The third kappa shape index (κ3) is 2.08. The van der Waals surface area contributed by atoms with Crippen LogP contribution in [0.4, 0.5) is 0 Å². The Morgan fingerprint density at radius 3 is 3.05 bits per heavy atom. The van der Waals surface area contributed by atoms with Crippen LogP contribution in [0.1, 0.15) is 24.8 Å². The smallest absolute Gasteiger partial charge is 0.123 e. The Labute approximate surface area is 126 Å². The Kier molecular flexibility index (Phi) is 3.40. The lowest BCUT2D eigenvalue weighted by molar-refractivity contribution is 0.0530. The number of para-hydroxylation sites is 1. The topological polar surface area (TPSA) is 41.7 Å². The lowest BCUT2D eigenvalue weighted by Crippen LogP contribution is -2.60. The first-order valence-electron chi connectivity index (χ1n) is 8.23. The van der Waals surface area contributed by atoms with Gasteiger partial charge in [-0.05, 0) is 31.9 Å². The van der Waals surface area contributed by atoms with Crippen LogP contribution in [0.3, 0.4) is 0 Å². The zero-order valence-electron chi connectivity index (χ0n) is 12.6. The van der Waals surface area contributed by atoms with Crippen LogP contribution in [0.25, 0.3) is 0 Å². The van der Waals surface area contributed by atoms with E-state index in [0.29, 0.717) is 6.04 Å². The number of fused-ring (bicyclic) bond motifs is 2. The lowest BCUT2D eigenvalue weighted by atomic mass is 9.86. The van der Waals surface area contributed by atoms with E-state index < -0.39 is 0 Å². The van der Waals surface area contributed by atoms with E-state index in [2.05, 4.69) is 34.1 Å². The molecule has 0 aliphatic carbocycles. The van der Waals surface area contributed by atoms with Crippen molar-refractivity contribution in [2.45, 2.75) is 37.4 Å². The maximum atomic E-state index is 6.32. The number of benzene rings is 1. The molecule has 0 spiro atoms. The minimum Gasteiger partial charge on any atom is -0.492 e. The Balaban J connectivity index is 1.65. The van der Waals surface area contributed by atoms with Gasteiger partial charge in [0.15, 0.2) is 0 Å². The number of hydrogen-bond acceptors (Lipinski definition) is 4. The number of nitrogens with two attached hydrogens (primary N) is 1. The summed E-state index contributed by atoms with van der Waals surface area (Å²) in [5.74, 6) is 1.05. The molecule has 0 amide bonds. The van der Waals surface area contributed by atoms with Crippen molar-refractivity contribution >= 4 is 0 Å². The molecule has 2 saturated heterocycles. The molecule has 2 atom stereocenters. The zero-order valence-corrected chi connectivity index (χ0v) is 12.6. The molecule has 4 nitrogen and oxygen atoms in total. The van der Waals surface area contributed by atoms with Crippen molar-refractivity contribution in [2.75, 3.05) is 32.8 Å². The summed E-state index contributed by atoms with van der Waals surface area (Å²) >= 11 is 0. The quantitative estimate of drug-likeness (QED) is 0.894. The van der Waals surface area contributed by atoms with E-state index in [0.717, 1.165) is 32.0 Å². The normalized spacial score (nSPS) is 33.3. The molecule has 0 bridgehead atoms. The van der Waals surface area contributed by atoms with Gasteiger partial charge in [0.05, 0.1) is 5.54 Å². The summed E-state index contributed by atoms with van der Waals surface area (Å²) in [5.41, 5.74) is 7.77. The first kappa shape index (κ1) is 13.6. The van der Waals surface area contributed by atoms with Crippen LogP contribution >= 0.6 is 0 Å². The molecule has 3 heterocycles. The summed E-state index contributed by atoms with van der Waals surface area (Å²) in [6.07, 6.45) is 3.83. The monoisotopic (exact) mass is 287 g/mol. The Morgan fingerprint density at radius 1 is 1.24 bits per heavy atom. The Morgan fingerprint density at radius 2 is 2.14 bits per heavy atom. The summed E-state index contributed by atoms with van der Waals surface area (Å²) in [5, 5.41) is 0. The highest BCUT2D eigenvalue weighted by Gasteiger charge is 2.51. The predicted molar refractivity (Wildman–Crippen MR) is 83.3 cm³/mol. The first-order chi connectivity index (χ1) is 10.3. The SMILES string of the molecule is NCC1(N2CCOc3ccccc3C2)CCN2CCCC21. The van der Waals surface area contributed by atoms with Crippen molar-refractivity contribution in [3.8, 4) is 5.75 Å². The third-order valence-corrected chi connectivity index (χ3v) is 5.75. The first-order valence-corrected chi connectivity index (χ1v) is 8.23. The maximum absolute atomic E-state index is 6.32. The number of hydrogen-bond donors (Lipinski definition) is 1. The highest BCUT2D eigenvalue weighted by molar-refractivity contribution is 5.34. The van der Waals surface area contributed by atoms with Crippen LogP contribution in [0.5, 0.6) is 5.75 Å². The fourth-order valence-electron chi connectivity index (χ4n) is 4.65. The highest BCUT2D eigenvalue weighted by atomic mass is 16.5. The summed E-state index contributed by atoms with van der Waals surface area (Å²) in [7, 11) is 0. The molecule has 1 aromatic rings. The third-order valence-electron chi connectivity index (χ3n) is 5.75. The van der Waals surface area contributed by atoms with Crippen molar-refractivity contribution < 1.29 is 4.74 Å². The number of ether oxygens (including phenoxy) is 1. The standard InChI is InChI=1S/C17H25N3O/c18-13-17(7-9-19-8-3-6-16(17)19)20-10-11-21-15-5-2-1-4-14(15)12-20/h1-2,4-5,16H,3,6-13,18H2. The van der Waals surface area contributed by atoms with Crippen molar-refractivity contribution in [3.63, 3.8) is 0 Å². The van der Waals surface area contributed by atoms with E-state index in [1.54, 1.807) is 0 Å². The average Bonchev–Trinajstić information content (AvgIpc) is 3.04. The zero-order chi connectivity index (χ0) is 14.3. The molecule has 114 valence electrons. The molecule has 3 aliphatic heterocycles. The molecule has 0 saturated carbocycles. The molecule has 0 radical (unpaired) electrons. The van der Waals surface area contributed by atoms with Gasteiger partial charge >= 0.3 is 0 Å². The fraction of sp³-hybridized carbons (Fsp3) is 0.647. The second kappa shape index (κ2) is 5.27. The minimum atomic E-state index is 0.150. The van der Waals surface area contributed by atoms with E-state index >= 15 is 0 Å². The molecule has 4 heteroatoms. The summed E-state index contributed by atoms with van der Waals surface area (Å²) < 4.78 is 5.94. The largest absolute Gasteiger partial charge is 0.492 e. The summed E-state index contributed by atoms with van der Waals surface area (Å²) in [4.78, 5) is 5.28. The molecule has 2 unspecified atom stereocenters. The summed E-state index contributed by atoms with van der Waals surface area (Å²) in [6, 6.07) is 9.09. The van der Waals surface area contributed by atoms with Gasteiger partial charge in [-0.1, -0.05) is 18.2 Å². The van der Waals surface area contributed by atoms with E-state index in [-0.39, 0.29) is 5.54 Å². The molecule has 21 heavy (non-hydrogen) atoms. The molecule has 2 fully saturated rings. The van der Waals surface area contributed by atoms with Crippen molar-refractivity contribution in [2.24, 2.45) is 5.73 Å². The molecule has 1 aromatic carbocycles. The number of rotatable bonds is 2. The van der Waals surface area contributed by atoms with E-state index in [4.69, 9.17) is 10.5 Å². The van der Waals surface area contributed by atoms with E-state index in [1.807, 2.05) is 0 Å². The van der Waals surface area contributed by atoms with Gasteiger partial charge in [0.1, 0.15) is 12.4 Å². The van der Waals surface area contributed by atoms with Crippen LogP contribution in [0.2, 0.25) is 0 Å². The van der Waals surface area contributed by atoms with Crippen molar-refractivity contribution in [1.82, 2.24) is 9.80 Å².